The molecule has 4 heteroatoms. The van der Waals surface area contributed by atoms with E-state index in [0.29, 0.717) is 0 Å². The molecule has 15 heavy (non-hydrogen) atoms. The minimum Gasteiger partial charge on any atom is -0.372 e. The number of nitrogens with one attached hydrogen (secondary N) is 1. The van der Waals surface area contributed by atoms with Gasteiger partial charge in [-0.15, -0.1) is 11.3 Å². The van der Waals surface area contributed by atoms with Crippen LogP contribution >= 0.6 is 11.3 Å². The third-order valence-corrected chi connectivity index (χ3v) is 3.92. The lowest BCUT2D eigenvalue weighted by atomic mass is 10.1. The van der Waals surface area contributed by atoms with Gasteiger partial charge in [0, 0.05) is 25.1 Å². The van der Waals surface area contributed by atoms with Crippen LogP contribution in [0, 0.1) is 0 Å². The van der Waals surface area contributed by atoms with Crippen LogP contribution < -0.4 is 5.32 Å². The van der Waals surface area contributed by atoms with Crippen molar-refractivity contribution in [1.29, 1.82) is 0 Å². The van der Waals surface area contributed by atoms with E-state index >= 15 is 0 Å². The van der Waals surface area contributed by atoms with Crippen LogP contribution in [0.3, 0.4) is 0 Å². The van der Waals surface area contributed by atoms with Gasteiger partial charge in [-0.2, -0.15) is 0 Å². The van der Waals surface area contributed by atoms with Gasteiger partial charge in [-0.1, -0.05) is 0 Å². The summed E-state index contributed by atoms with van der Waals surface area (Å²) in [5.74, 6) is 0. The fraction of sp³-hybridized carbons (Fsp3) is 0.727. The largest absolute Gasteiger partial charge is 0.372 e. The van der Waals surface area contributed by atoms with Gasteiger partial charge in [0.25, 0.3) is 0 Å². The molecule has 1 aromatic rings. The van der Waals surface area contributed by atoms with Crippen LogP contribution in [0.25, 0.3) is 0 Å². The third kappa shape index (κ3) is 2.77. The molecule has 1 aliphatic carbocycles. The van der Waals surface area contributed by atoms with Gasteiger partial charge in [-0.3, -0.25) is 0 Å². The first-order chi connectivity index (χ1) is 7.12. The topological polar surface area (TPSA) is 34.1 Å². The highest BCUT2D eigenvalue weighted by atomic mass is 32.1. The zero-order valence-corrected chi connectivity index (χ0v) is 10.4. The van der Waals surface area contributed by atoms with Gasteiger partial charge in [0.2, 0.25) is 0 Å². The number of hydrogen-bond donors (Lipinski definition) is 1. The minimum atomic E-state index is -0.261. The predicted octanol–water partition coefficient (Wildman–Crippen LogP) is 2.28. The quantitative estimate of drug-likeness (QED) is 0.836. The summed E-state index contributed by atoms with van der Waals surface area (Å²) in [6.45, 7) is 4.98. The van der Waals surface area contributed by atoms with Crippen LogP contribution in [-0.4, -0.2) is 18.1 Å². The van der Waals surface area contributed by atoms with Gasteiger partial charge in [-0.05, 0) is 26.7 Å². The second-order valence-electron chi connectivity index (χ2n) is 4.51. The van der Waals surface area contributed by atoms with Crippen LogP contribution in [0.5, 0.6) is 0 Å². The Morgan fingerprint density at radius 2 is 2.33 bits per heavy atom. The Kier molecular flexibility index (Phi) is 3.09. The van der Waals surface area contributed by atoms with Crippen molar-refractivity contribution in [3.8, 4) is 0 Å². The zero-order chi connectivity index (χ0) is 10.9. The molecule has 0 aromatic carbocycles. The number of thiazole rings is 1. The molecular weight excluding hydrogens is 208 g/mol. The van der Waals surface area contributed by atoms with Crippen LogP contribution in [-0.2, 0) is 16.9 Å². The number of aromatic nitrogens is 1. The molecule has 1 aromatic heterocycles. The average Bonchev–Trinajstić information content (AvgIpc) is 2.92. The molecule has 0 radical (unpaired) electrons. The van der Waals surface area contributed by atoms with E-state index in [1.807, 2.05) is 13.8 Å². The highest BCUT2D eigenvalue weighted by Gasteiger charge is 2.24. The second kappa shape index (κ2) is 4.20. The predicted molar refractivity (Wildman–Crippen MR) is 62.0 cm³/mol. The SMILES string of the molecule is COC(C)(C)c1nc(CNC2CC2)cs1. The second-order valence-corrected chi connectivity index (χ2v) is 5.37. The van der Waals surface area contributed by atoms with Gasteiger partial charge in [0.15, 0.2) is 0 Å². The van der Waals surface area contributed by atoms with Crippen molar-refractivity contribution in [2.24, 2.45) is 0 Å². The monoisotopic (exact) mass is 226 g/mol. The Morgan fingerprint density at radius 1 is 1.60 bits per heavy atom. The number of rotatable bonds is 5. The molecule has 84 valence electrons. The summed E-state index contributed by atoms with van der Waals surface area (Å²) < 4.78 is 5.40. The summed E-state index contributed by atoms with van der Waals surface area (Å²) >= 11 is 1.68. The van der Waals surface area contributed by atoms with E-state index in [4.69, 9.17) is 4.74 Å². The fourth-order valence-corrected chi connectivity index (χ4v) is 2.21. The van der Waals surface area contributed by atoms with E-state index < -0.39 is 0 Å². The fourth-order valence-electron chi connectivity index (χ4n) is 1.29. The molecule has 1 heterocycles. The molecule has 1 aliphatic rings. The Morgan fingerprint density at radius 3 is 2.93 bits per heavy atom. The van der Waals surface area contributed by atoms with Crippen molar-refractivity contribution in [3.05, 3.63) is 16.1 Å². The van der Waals surface area contributed by atoms with Crippen molar-refractivity contribution in [3.63, 3.8) is 0 Å². The lowest BCUT2D eigenvalue weighted by molar-refractivity contribution is 0.0189. The molecule has 0 spiro atoms. The highest BCUT2D eigenvalue weighted by Crippen LogP contribution is 2.27. The van der Waals surface area contributed by atoms with Gasteiger partial charge in [0.1, 0.15) is 10.6 Å². The van der Waals surface area contributed by atoms with E-state index in [-0.39, 0.29) is 5.60 Å². The number of nitrogens with zero attached hydrogens (tertiary/aromatic N) is 1. The summed E-state index contributed by atoms with van der Waals surface area (Å²) in [7, 11) is 1.73. The minimum absolute atomic E-state index is 0.261. The number of hydrogen-bond acceptors (Lipinski definition) is 4. The molecule has 0 bridgehead atoms. The number of ether oxygens (including phenoxy) is 1. The maximum Gasteiger partial charge on any atom is 0.124 e. The standard InChI is InChI=1S/C11H18N2OS/c1-11(2,14-3)10-13-9(7-15-10)6-12-8-4-5-8/h7-8,12H,4-6H2,1-3H3. The molecule has 1 fully saturated rings. The summed E-state index contributed by atoms with van der Waals surface area (Å²) in [5.41, 5.74) is 0.870. The van der Waals surface area contributed by atoms with Crippen LogP contribution in [0.2, 0.25) is 0 Å². The van der Waals surface area contributed by atoms with Crippen molar-refractivity contribution < 1.29 is 4.74 Å². The van der Waals surface area contributed by atoms with E-state index in [1.165, 1.54) is 12.8 Å². The summed E-state index contributed by atoms with van der Waals surface area (Å²) in [6.07, 6.45) is 2.64. The van der Waals surface area contributed by atoms with Crippen LogP contribution in [0.4, 0.5) is 0 Å². The Bertz CT molecular complexity index is 331. The van der Waals surface area contributed by atoms with E-state index in [9.17, 15) is 0 Å². The first-order valence-corrected chi connectivity index (χ1v) is 6.23. The van der Waals surface area contributed by atoms with Crippen molar-refractivity contribution >= 4 is 11.3 Å². The van der Waals surface area contributed by atoms with Crippen LogP contribution in [0.15, 0.2) is 5.38 Å². The molecule has 0 unspecified atom stereocenters. The van der Waals surface area contributed by atoms with Gasteiger partial charge < -0.3 is 10.1 Å². The van der Waals surface area contributed by atoms with Crippen molar-refractivity contribution in [1.82, 2.24) is 10.3 Å². The van der Waals surface area contributed by atoms with E-state index in [2.05, 4.69) is 15.7 Å². The number of methoxy groups -OCH3 is 1. The van der Waals surface area contributed by atoms with E-state index in [0.717, 1.165) is 23.3 Å². The highest BCUT2D eigenvalue weighted by molar-refractivity contribution is 7.09. The first kappa shape index (κ1) is 11.0. The van der Waals surface area contributed by atoms with Crippen molar-refractivity contribution in [2.75, 3.05) is 7.11 Å². The average molecular weight is 226 g/mol. The molecule has 0 aliphatic heterocycles. The molecular formula is C11H18N2OS. The lowest BCUT2D eigenvalue weighted by Crippen LogP contribution is -2.20. The molecule has 2 rings (SSSR count). The smallest absolute Gasteiger partial charge is 0.124 e. The molecule has 0 amide bonds. The Labute approximate surface area is 94.9 Å². The lowest BCUT2D eigenvalue weighted by Gasteiger charge is -2.19. The van der Waals surface area contributed by atoms with Gasteiger partial charge in [0.05, 0.1) is 5.69 Å². The molecule has 3 nitrogen and oxygen atoms in total. The Hall–Kier alpha value is -0.450. The van der Waals surface area contributed by atoms with E-state index in [1.54, 1.807) is 18.4 Å². The summed E-state index contributed by atoms with van der Waals surface area (Å²) in [6, 6.07) is 0.741. The molecule has 0 atom stereocenters. The van der Waals surface area contributed by atoms with Crippen LogP contribution in [0.1, 0.15) is 37.4 Å². The molecule has 0 saturated heterocycles. The van der Waals surface area contributed by atoms with Gasteiger partial charge >= 0.3 is 0 Å². The van der Waals surface area contributed by atoms with Crippen molar-refractivity contribution in [2.45, 2.75) is 44.9 Å². The summed E-state index contributed by atoms with van der Waals surface area (Å²) in [5, 5.41) is 6.63. The molecule has 1 N–H and O–H groups in total. The Balaban J connectivity index is 1.96. The summed E-state index contributed by atoms with van der Waals surface area (Å²) in [4.78, 5) is 4.58. The normalized spacial score (nSPS) is 17.0. The maximum atomic E-state index is 5.40. The van der Waals surface area contributed by atoms with Gasteiger partial charge in [-0.25, -0.2) is 4.98 Å². The first-order valence-electron chi connectivity index (χ1n) is 5.35. The zero-order valence-electron chi connectivity index (χ0n) is 9.54. The molecule has 1 saturated carbocycles. The maximum absolute atomic E-state index is 5.40. The third-order valence-electron chi connectivity index (χ3n) is 2.73.